The molecule has 3 heteroatoms. The van der Waals surface area contributed by atoms with Crippen molar-refractivity contribution in [3.8, 4) is 0 Å². The first-order chi connectivity index (χ1) is 3.83. The third-order valence-corrected chi connectivity index (χ3v) is 0.776. The molecule has 1 heterocycles. The van der Waals surface area contributed by atoms with Crippen molar-refractivity contribution in [1.29, 1.82) is 0 Å². The summed E-state index contributed by atoms with van der Waals surface area (Å²) >= 11 is 0. The topological polar surface area (TPSA) is 28.7 Å². The molecule has 0 aliphatic rings. The maximum absolute atomic E-state index is 11.9. The molecule has 0 saturated heterocycles. The summed E-state index contributed by atoms with van der Waals surface area (Å²) in [7, 11) is 0. The summed E-state index contributed by atoms with van der Waals surface area (Å²) in [6.07, 6.45) is 1.47. The average molecular weight is 112 g/mol. The standard InChI is InChI=1S/C5H5FN2/c1-2-4-3-5(6)8-7-4/h2-3H,1H2,(H,7,8). The van der Waals surface area contributed by atoms with Gasteiger partial charge in [0.05, 0.1) is 5.69 Å². The Hall–Kier alpha value is -1.12. The van der Waals surface area contributed by atoms with Crippen LogP contribution in [0.2, 0.25) is 0 Å². The molecule has 0 fully saturated rings. The zero-order chi connectivity index (χ0) is 5.98. The molecule has 0 aliphatic heterocycles. The maximum Gasteiger partial charge on any atom is 0.209 e. The Labute approximate surface area is 46.0 Å². The zero-order valence-corrected chi connectivity index (χ0v) is 4.19. The van der Waals surface area contributed by atoms with E-state index in [0.717, 1.165) is 0 Å². The van der Waals surface area contributed by atoms with Crippen LogP contribution in [0, 0.1) is 5.95 Å². The summed E-state index contributed by atoms with van der Waals surface area (Å²) in [6, 6.07) is 1.27. The second-order valence-electron chi connectivity index (χ2n) is 1.34. The van der Waals surface area contributed by atoms with Crippen LogP contribution in [0.15, 0.2) is 12.6 Å². The zero-order valence-electron chi connectivity index (χ0n) is 4.19. The van der Waals surface area contributed by atoms with E-state index in [9.17, 15) is 4.39 Å². The van der Waals surface area contributed by atoms with Crippen molar-refractivity contribution in [2.45, 2.75) is 0 Å². The van der Waals surface area contributed by atoms with Crippen LogP contribution in [0.5, 0.6) is 0 Å². The molecular weight excluding hydrogens is 107 g/mol. The Bertz CT molecular complexity index is 192. The molecule has 0 unspecified atom stereocenters. The third-order valence-electron chi connectivity index (χ3n) is 0.776. The van der Waals surface area contributed by atoms with Crippen molar-refractivity contribution in [1.82, 2.24) is 10.2 Å². The first-order valence-electron chi connectivity index (χ1n) is 2.16. The van der Waals surface area contributed by atoms with E-state index in [4.69, 9.17) is 0 Å². The highest BCUT2D eigenvalue weighted by molar-refractivity contribution is 5.39. The van der Waals surface area contributed by atoms with Gasteiger partial charge in [-0.25, -0.2) is 0 Å². The molecule has 0 amide bonds. The fraction of sp³-hybridized carbons (Fsp3) is 0. The van der Waals surface area contributed by atoms with E-state index in [2.05, 4.69) is 16.8 Å². The van der Waals surface area contributed by atoms with Gasteiger partial charge in [0.25, 0.3) is 0 Å². The number of nitrogens with one attached hydrogen (secondary N) is 1. The van der Waals surface area contributed by atoms with Crippen LogP contribution < -0.4 is 0 Å². The highest BCUT2D eigenvalue weighted by Gasteiger charge is 1.91. The van der Waals surface area contributed by atoms with Gasteiger partial charge < -0.3 is 0 Å². The molecule has 2 nitrogen and oxygen atoms in total. The molecule has 0 radical (unpaired) electrons. The molecule has 0 atom stereocenters. The Morgan fingerprint density at radius 1 is 1.88 bits per heavy atom. The molecule has 0 aromatic carbocycles. The summed E-state index contributed by atoms with van der Waals surface area (Å²) in [6.45, 7) is 3.40. The van der Waals surface area contributed by atoms with Crippen LogP contribution >= 0.6 is 0 Å². The monoisotopic (exact) mass is 112 g/mol. The lowest BCUT2D eigenvalue weighted by molar-refractivity contribution is 0.579. The molecular formula is C5H5FN2. The Kier molecular flexibility index (Phi) is 1.12. The van der Waals surface area contributed by atoms with E-state index >= 15 is 0 Å². The molecule has 42 valence electrons. The van der Waals surface area contributed by atoms with Gasteiger partial charge in [-0.05, 0) is 6.08 Å². The van der Waals surface area contributed by atoms with E-state index < -0.39 is 5.95 Å². The summed E-state index contributed by atoms with van der Waals surface area (Å²) in [5.41, 5.74) is 0.530. The van der Waals surface area contributed by atoms with Gasteiger partial charge in [0.2, 0.25) is 5.95 Å². The number of aromatic nitrogens is 2. The van der Waals surface area contributed by atoms with Crippen molar-refractivity contribution in [2.75, 3.05) is 0 Å². The second-order valence-corrected chi connectivity index (χ2v) is 1.34. The first-order valence-corrected chi connectivity index (χ1v) is 2.16. The fourth-order valence-electron chi connectivity index (χ4n) is 0.417. The Morgan fingerprint density at radius 2 is 2.62 bits per heavy atom. The maximum atomic E-state index is 11.9. The fourth-order valence-corrected chi connectivity index (χ4v) is 0.417. The van der Waals surface area contributed by atoms with E-state index in [1.165, 1.54) is 12.1 Å². The predicted molar refractivity (Wildman–Crippen MR) is 28.6 cm³/mol. The quantitative estimate of drug-likeness (QED) is 0.580. The normalized spacial score (nSPS) is 9.12. The van der Waals surface area contributed by atoms with Gasteiger partial charge in [-0.15, -0.1) is 0 Å². The highest BCUT2D eigenvalue weighted by atomic mass is 19.1. The molecule has 8 heavy (non-hydrogen) atoms. The van der Waals surface area contributed by atoms with Crippen LogP contribution in [-0.4, -0.2) is 10.2 Å². The smallest absolute Gasteiger partial charge is 0.209 e. The second kappa shape index (κ2) is 1.78. The molecule has 0 aliphatic carbocycles. The van der Waals surface area contributed by atoms with Crippen molar-refractivity contribution in [3.05, 3.63) is 24.3 Å². The van der Waals surface area contributed by atoms with Crippen molar-refractivity contribution in [3.63, 3.8) is 0 Å². The number of hydrogen-bond acceptors (Lipinski definition) is 1. The average Bonchev–Trinajstić information content (AvgIpc) is 2.14. The minimum atomic E-state index is -0.431. The van der Waals surface area contributed by atoms with Crippen LogP contribution in [0.1, 0.15) is 5.69 Å². The minimum Gasteiger partial charge on any atom is -0.252 e. The Morgan fingerprint density at radius 3 is 2.88 bits per heavy atom. The van der Waals surface area contributed by atoms with E-state index in [0.29, 0.717) is 5.69 Å². The molecule has 0 bridgehead atoms. The van der Waals surface area contributed by atoms with Crippen molar-refractivity contribution < 1.29 is 4.39 Å². The van der Waals surface area contributed by atoms with Crippen LogP contribution in [-0.2, 0) is 0 Å². The lowest BCUT2D eigenvalue weighted by Crippen LogP contribution is -1.69. The van der Waals surface area contributed by atoms with Crippen molar-refractivity contribution >= 4 is 6.08 Å². The minimum absolute atomic E-state index is 0.431. The molecule has 0 saturated carbocycles. The highest BCUT2D eigenvalue weighted by Crippen LogP contribution is 1.96. The van der Waals surface area contributed by atoms with Crippen LogP contribution in [0.4, 0.5) is 4.39 Å². The lowest BCUT2D eigenvalue weighted by Gasteiger charge is -1.69. The molecule has 1 aromatic heterocycles. The summed E-state index contributed by atoms with van der Waals surface area (Å²) in [4.78, 5) is 0. The summed E-state index contributed by atoms with van der Waals surface area (Å²) in [5.74, 6) is -0.431. The van der Waals surface area contributed by atoms with Gasteiger partial charge in [-0.1, -0.05) is 6.58 Å². The van der Waals surface area contributed by atoms with E-state index in [1.54, 1.807) is 0 Å². The van der Waals surface area contributed by atoms with E-state index in [1.807, 2.05) is 0 Å². The molecule has 1 aromatic rings. The largest absolute Gasteiger partial charge is 0.252 e. The van der Waals surface area contributed by atoms with Gasteiger partial charge >= 0.3 is 0 Å². The number of nitrogens with zero attached hydrogens (tertiary/aromatic N) is 1. The summed E-state index contributed by atoms with van der Waals surface area (Å²) < 4.78 is 11.9. The van der Waals surface area contributed by atoms with Gasteiger partial charge in [-0.2, -0.15) is 9.49 Å². The number of hydrogen-bond donors (Lipinski definition) is 1. The van der Waals surface area contributed by atoms with Crippen molar-refractivity contribution in [2.24, 2.45) is 0 Å². The van der Waals surface area contributed by atoms with E-state index in [-0.39, 0.29) is 0 Å². The first kappa shape index (κ1) is 5.03. The number of halogens is 1. The number of aromatic amines is 1. The van der Waals surface area contributed by atoms with Crippen LogP contribution in [0.25, 0.3) is 6.08 Å². The summed E-state index contributed by atoms with van der Waals surface area (Å²) in [5, 5.41) is 5.65. The molecule has 0 spiro atoms. The van der Waals surface area contributed by atoms with Gasteiger partial charge in [0.1, 0.15) is 0 Å². The molecule has 1 N–H and O–H groups in total. The number of H-pyrrole nitrogens is 1. The number of rotatable bonds is 1. The molecule has 1 rings (SSSR count). The lowest BCUT2D eigenvalue weighted by atomic mass is 10.4. The third kappa shape index (κ3) is 0.753. The van der Waals surface area contributed by atoms with Gasteiger partial charge in [0, 0.05) is 6.07 Å². The SMILES string of the molecule is C=Cc1cc(F)[nH]n1. The van der Waals surface area contributed by atoms with Crippen LogP contribution in [0.3, 0.4) is 0 Å². The van der Waals surface area contributed by atoms with Gasteiger partial charge in [-0.3, -0.25) is 5.10 Å². The Balaban J connectivity index is 3.00. The predicted octanol–water partition coefficient (Wildman–Crippen LogP) is 1.19. The van der Waals surface area contributed by atoms with Gasteiger partial charge in [0.15, 0.2) is 0 Å².